The molecule has 0 saturated carbocycles. The average Bonchev–Trinajstić information content (AvgIpc) is 2.84. The van der Waals surface area contributed by atoms with Crippen LogP contribution in [0.2, 0.25) is 0 Å². The van der Waals surface area contributed by atoms with E-state index in [0.29, 0.717) is 4.47 Å². The molecule has 2 aliphatic rings. The molecule has 0 radical (unpaired) electrons. The monoisotopic (exact) mass is 439 g/mol. The first-order chi connectivity index (χ1) is 12.3. The molecule has 2 N–H and O–H groups in total. The van der Waals surface area contributed by atoms with Crippen LogP contribution in [0.5, 0.6) is 0 Å². The third-order valence-electron chi connectivity index (χ3n) is 3.74. The number of halogens is 2. The summed E-state index contributed by atoms with van der Waals surface area (Å²) in [6, 6.07) is 3.53. The van der Waals surface area contributed by atoms with Gasteiger partial charge in [0.1, 0.15) is 5.82 Å². The molecule has 2 aliphatic heterocycles. The van der Waals surface area contributed by atoms with Gasteiger partial charge in [0.05, 0.1) is 10.5 Å². The number of nitrogens with one attached hydrogen (secondary N) is 2. The fraction of sp³-hybridized carbons (Fsp3) is 0.450. The highest BCUT2D eigenvalue weighted by Crippen LogP contribution is 2.32. The fourth-order valence-electron chi connectivity index (χ4n) is 2.59. The summed E-state index contributed by atoms with van der Waals surface area (Å²) in [5.41, 5.74) is 3.11. The summed E-state index contributed by atoms with van der Waals surface area (Å²) in [7, 11) is 0. The van der Waals surface area contributed by atoms with E-state index in [2.05, 4.69) is 63.9 Å². The molecule has 1 aromatic rings. The van der Waals surface area contributed by atoms with E-state index in [9.17, 15) is 4.39 Å². The number of fused-ring (bicyclic) bond motifs is 1. The largest absolute Gasteiger partial charge is 0.376 e. The zero-order valence-electron chi connectivity index (χ0n) is 16.0. The van der Waals surface area contributed by atoms with Gasteiger partial charge in [-0.3, -0.25) is 9.71 Å². The number of allylic oxidation sites excluding steroid dienone is 2. The van der Waals surface area contributed by atoms with E-state index in [0.717, 1.165) is 34.7 Å². The summed E-state index contributed by atoms with van der Waals surface area (Å²) in [4.78, 5) is 5.77. The molecular formula is C20H27BrFN3S. The van der Waals surface area contributed by atoms with E-state index >= 15 is 0 Å². The standard InChI is InChI=1S/C18H21BrFN3S.C2H6/c1-18(2,3)23-24-12-5-4-6-15(21-10-12)17-8-11-7-14(20)13(19)9-16(11)22-17;1-2/h4-5,7,9-10,17,22-23H,6,8H2,1-3H3;1-2H3. The Morgan fingerprint density at radius 1 is 1.31 bits per heavy atom. The van der Waals surface area contributed by atoms with Gasteiger partial charge in [0.25, 0.3) is 0 Å². The van der Waals surface area contributed by atoms with Crippen molar-refractivity contribution in [1.82, 2.24) is 4.72 Å². The molecule has 26 heavy (non-hydrogen) atoms. The maximum atomic E-state index is 13.7. The molecule has 0 fully saturated rings. The summed E-state index contributed by atoms with van der Waals surface area (Å²) >= 11 is 4.84. The van der Waals surface area contributed by atoms with Gasteiger partial charge in [-0.15, -0.1) is 0 Å². The third kappa shape index (κ3) is 5.69. The van der Waals surface area contributed by atoms with Crippen molar-refractivity contribution in [3.63, 3.8) is 0 Å². The lowest BCUT2D eigenvalue weighted by Gasteiger charge is -2.19. The number of benzene rings is 1. The second-order valence-electron chi connectivity index (χ2n) is 7.04. The Hall–Kier alpha value is -1.11. The van der Waals surface area contributed by atoms with Crippen molar-refractivity contribution in [2.45, 2.75) is 59.0 Å². The van der Waals surface area contributed by atoms with E-state index < -0.39 is 0 Å². The Morgan fingerprint density at radius 2 is 2.04 bits per heavy atom. The molecule has 0 aromatic heterocycles. The van der Waals surface area contributed by atoms with Crippen LogP contribution in [0, 0.1) is 5.82 Å². The number of anilines is 1. The van der Waals surface area contributed by atoms with Crippen molar-refractivity contribution in [1.29, 1.82) is 0 Å². The molecular weight excluding hydrogens is 413 g/mol. The van der Waals surface area contributed by atoms with Crippen LogP contribution in [-0.4, -0.2) is 17.3 Å². The lowest BCUT2D eigenvalue weighted by Crippen LogP contribution is -2.29. The molecule has 0 aliphatic carbocycles. The predicted molar refractivity (Wildman–Crippen MR) is 116 cm³/mol. The molecule has 3 nitrogen and oxygen atoms in total. The Kier molecular flexibility index (Phi) is 7.50. The lowest BCUT2D eigenvalue weighted by molar-refractivity contribution is 0.536. The van der Waals surface area contributed by atoms with Crippen LogP contribution >= 0.6 is 27.9 Å². The second-order valence-corrected chi connectivity index (χ2v) is 8.77. The van der Waals surface area contributed by atoms with Gasteiger partial charge in [0, 0.05) is 40.9 Å². The molecule has 0 amide bonds. The molecule has 0 spiro atoms. The van der Waals surface area contributed by atoms with Crippen LogP contribution in [0.3, 0.4) is 0 Å². The number of aliphatic imine (C=N–C) groups is 1. The molecule has 1 aromatic carbocycles. The number of hydrogen-bond donors (Lipinski definition) is 2. The Labute approximate surface area is 168 Å². The summed E-state index contributed by atoms with van der Waals surface area (Å²) in [5, 5.41) is 3.46. The van der Waals surface area contributed by atoms with E-state index in [1.165, 1.54) is 0 Å². The van der Waals surface area contributed by atoms with Gasteiger partial charge in [-0.1, -0.05) is 19.9 Å². The Bertz CT molecular complexity index is 704. The normalized spacial score (nSPS) is 18.8. The topological polar surface area (TPSA) is 36.4 Å². The molecule has 1 atom stereocenters. The van der Waals surface area contributed by atoms with E-state index in [-0.39, 0.29) is 17.4 Å². The molecule has 1 unspecified atom stereocenters. The number of nitrogens with zero attached hydrogens (tertiary/aromatic N) is 1. The van der Waals surface area contributed by atoms with Crippen LogP contribution < -0.4 is 10.0 Å². The van der Waals surface area contributed by atoms with E-state index in [4.69, 9.17) is 0 Å². The summed E-state index contributed by atoms with van der Waals surface area (Å²) in [5.74, 6) is -0.217. The predicted octanol–water partition coefficient (Wildman–Crippen LogP) is 6.23. The Morgan fingerprint density at radius 3 is 2.73 bits per heavy atom. The minimum absolute atomic E-state index is 0.0459. The zero-order chi connectivity index (χ0) is 19.3. The summed E-state index contributed by atoms with van der Waals surface area (Å²) in [6.45, 7) is 10.4. The van der Waals surface area contributed by atoms with Crippen LogP contribution in [0.4, 0.5) is 10.1 Å². The molecule has 2 heterocycles. The van der Waals surface area contributed by atoms with Gasteiger partial charge in [-0.05, 0) is 72.4 Å². The smallest absolute Gasteiger partial charge is 0.137 e. The highest BCUT2D eigenvalue weighted by atomic mass is 79.9. The van der Waals surface area contributed by atoms with Gasteiger partial charge in [0.2, 0.25) is 0 Å². The maximum absolute atomic E-state index is 13.7. The van der Waals surface area contributed by atoms with Crippen molar-refractivity contribution in [3.8, 4) is 0 Å². The lowest BCUT2D eigenvalue weighted by atomic mass is 10.0. The van der Waals surface area contributed by atoms with Gasteiger partial charge in [-0.25, -0.2) is 4.39 Å². The van der Waals surface area contributed by atoms with Gasteiger partial charge in [0.15, 0.2) is 0 Å². The minimum atomic E-state index is -0.217. The van der Waals surface area contributed by atoms with Gasteiger partial charge < -0.3 is 5.32 Å². The maximum Gasteiger partial charge on any atom is 0.137 e. The van der Waals surface area contributed by atoms with Crippen molar-refractivity contribution >= 4 is 39.3 Å². The van der Waals surface area contributed by atoms with Gasteiger partial charge in [-0.2, -0.15) is 0 Å². The fourth-order valence-corrected chi connectivity index (χ4v) is 3.63. The third-order valence-corrected chi connectivity index (χ3v) is 5.54. The highest BCUT2D eigenvalue weighted by Gasteiger charge is 2.26. The van der Waals surface area contributed by atoms with Crippen LogP contribution in [0.25, 0.3) is 0 Å². The zero-order valence-corrected chi connectivity index (χ0v) is 18.4. The highest BCUT2D eigenvalue weighted by molar-refractivity contribution is 9.10. The average molecular weight is 440 g/mol. The molecule has 3 rings (SSSR count). The van der Waals surface area contributed by atoms with Crippen LogP contribution in [-0.2, 0) is 6.42 Å². The quantitative estimate of drug-likeness (QED) is 0.547. The number of rotatable bonds is 3. The first-order valence-electron chi connectivity index (χ1n) is 8.93. The first-order valence-corrected chi connectivity index (χ1v) is 10.5. The first kappa shape index (κ1) is 21.2. The molecule has 142 valence electrons. The van der Waals surface area contributed by atoms with Crippen molar-refractivity contribution < 1.29 is 4.39 Å². The molecule has 0 saturated heterocycles. The van der Waals surface area contributed by atoms with E-state index in [1.807, 2.05) is 26.1 Å². The van der Waals surface area contributed by atoms with Crippen molar-refractivity contribution in [3.05, 3.63) is 51.2 Å². The Balaban J connectivity index is 0.00000117. The van der Waals surface area contributed by atoms with Crippen molar-refractivity contribution in [2.75, 3.05) is 5.32 Å². The van der Waals surface area contributed by atoms with Crippen molar-refractivity contribution in [2.24, 2.45) is 4.99 Å². The van der Waals surface area contributed by atoms with E-state index in [1.54, 1.807) is 18.0 Å². The summed E-state index contributed by atoms with van der Waals surface area (Å²) < 4.78 is 17.6. The summed E-state index contributed by atoms with van der Waals surface area (Å²) in [6.07, 6.45) is 7.70. The second kappa shape index (κ2) is 9.20. The van der Waals surface area contributed by atoms with Gasteiger partial charge >= 0.3 is 0 Å². The molecule has 6 heteroatoms. The number of hydrogen-bond acceptors (Lipinski definition) is 4. The molecule has 0 bridgehead atoms. The minimum Gasteiger partial charge on any atom is -0.376 e. The van der Waals surface area contributed by atoms with Crippen LogP contribution in [0.1, 0.15) is 46.6 Å². The SMILES string of the molecule is CC.CC(C)(C)NSC1=CN=C(C2Cc3cc(F)c(Br)cc3N2)CC=C1. The van der Waals surface area contributed by atoms with Crippen LogP contribution in [0.15, 0.2) is 44.9 Å².